The number of para-hydroxylation sites is 1. The first-order valence-electron chi connectivity index (χ1n) is 9.82. The summed E-state index contributed by atoms with van der Waals surface area (Å²) in [6.45, 7) is 3.58. The number of benzene rings is 2. The van der Waals surface area contributed by atoms with Crippen LogP contribution in [0, 0.1) is 6.92 Å². The van der Waals surface area contributed by atoms with E-state index in [0.29, 0.717) is 0 Å². The van der Waals surface area contributed by atoms with Crippen LogP contribution in [0.25, 0.3) is 10.9 Å². The number of fused-ring (bicyclic) bond motifs is 1. The molecule has 0 radical (unpaired) electrons. The molecule has 2 aromatic carbocycles. The zero-order chi connectivity index (χ0) is 24.1. The monoisotopic (exact) mass is 477 g/mol. The number of nitrogens with zero attached hydrogens (tertiary/aromatic N) is 3. The highest BCUT2D eigenvalue weighted by molar-refractivity contribution is 7.92. The van der Waals surface area contributed by atoms with E-state index >= 15 is 0 Å². The second-order valence-electron chi connectivity index (χ2n) is 7.64. The van der Waals surface area contributed by atoms with Crippen LogP contribution in [0.2, 0.25) is 0 Å². The van der Waals surface area contributed by atoms with Gasteiger partial charge >= 0.3 is 11.5 Å². The van der Waals surface area contributed by atoms with Gasteiger partial charge in [-0.25, -0.2) is 18.1 Å². The summed E-state index contributed by atoms with van der Waals surface area (Å²) in [5, 5.41) is 0.838. The van der Waals surface area contributed by atoms with Crippen LogP contribution in [0.5, 0.6) is 0 Å². The highest BCUT2D eigenvalue weighted by Crippen LogP contribution is 2.33. The number of anilines is 1. The summed E-state index contributed by atoms with van der Waals surface area (Å²) < 4.78 is 61.5. The highest BCUT2D eigenvalue weighted by Gasteiger charge is 2.47. The molecule has 0 saturated carbocycles. The van der Waals surface area contributed by atoms with Gasteiger partial charge in [0, 0.05) is 18.1 Å². The molecule has 0 bridgehead atoms. The summed E-state index contributed by atoms with van der Waals surface area (Å²) in [4.78, 5) is 31.5. The molecule has 2 heterocycles. The molecule has 0 spiro atoms. The molecule has 3 aromatic rings. The summed E-state index contributed by atoms with van der Waals surface area (Å²) in [6, 6.07) is 9.40. The number of alkyl halides is 3. The Labute approximate surface area is 187 Å². The Bertz CT molecular complexity index is 1370. The molecular formula is C22H18F3N3O4S. The van der Waals surface area contributed by atoms with E-state index in [1.54, 1.807) is 19.2 Å². The van der Waals surface area contributed by atoms with Crippen molar-refractivity contribution in [3.8, 4) is 0 Å². The maximum absolute atomic E-state index is 13.1. The standard InChI is InChI=1S/C22H18F3N3O4S/c1-13-4-3-5-18-15(10-11-26-19(13)18)12-27-14(2)20(29)28(21(27)30)16-6-8-17(9-7-16)33(31,32)22(23,24)25/h3-11,14H,12H2,1-2H3. The lowest BCUT2D eigenvalue weighted by Gasteiger charge is -2.20. The lowest BCUT2D eigenvalue weighted by molar-refractivity contribution is -0.119. The number of halogens is 3. The third-order valence-corrected chi connectivity index (χ3v) is 7.10. The quantitative estimate of drug-likeness (QED) is 0.526. The molecule has 33 heavy (non-hydrogen) atoms. The predicted molar refractivity (Wildman–Crippen MR) is 114 cm³/mol. The molecule has 0 aliphatic carbocycles. The fraction of sp³-hybridized carbons (Fsp3) is 0.227. The van der Waals surface area contributed by atoms with Crippen molar-refractivity contribution in [1.82, 2.24) is 9.88 Å². The predicted octanol–water partition coefficient (Wildman–Crippen LogP) is 4.19. The first kappa shape index (κ1) is 22.7. The Balaban J connectivity index is 1.64. The van der Waals surface area contributed by atoms with E-state index in [9.17, 15) is 31.2 Å². The van der Waals surface area contributed by atoms with E-state index in [1.165, 1.54) is 4.90 Å². The smallest absolute Gasteiger partial charge is 0.308 e. The van der Waals surface area contributed by atoms with Gasteiger partial charge in [0.1, 0.15) is 6.04 Å². The van der Waals surface area contributed by atoms with Crippen molar-refractivity contribution in [3.05, 3.63) is 65.9 Å². The number of aromatic nitrogens is 1. The molecule has 4 rings (SSSR count). The van der Waals surface area contributed by atoms with Crippen LogP contribution < -0.4 is 4.90 Å². The molecule has 1 fully saturated rings. The molecule has 3 amide bonds. The number of amides is 3. The average Bonchev–Trinajstić information content (AvgIpc) is 2.97. The summed E-state index contributed by atoms with van der Waals surface area (Å²) in [6.07, 6.45) is 1.62. The van der Waals surface area contributed by atoms with Gasteiger partial charge in [-0.05, 0) is 55.3 Å². The van der Waals surface area contributed by atoms with Crippen LogP contribution in [0.4, 0.5) is 23.7 Å². The second-order valence-corrected chi connectivity index (χ2v) is 9.59. The minimum absolute atomic E-state index is 0.0177. The molecular weight excluding hydrogens is 459 g/mol. The van der Waals surface area contributed by atoms with Gasteiger partial charge in [-0.2, -0.15) is 13.2 Å². The SMILES string of the molecule is Cc1cccc2c(CN3C(=O)N(c4ccc(S(=O)(=O)C(F)(F)F)cc4)C(=O)C3C)ccnc12. The third-order valence-electron chi connectivity index (χ3n) is 5.60. The van der Waals surface area contributed by atoms with E-state index < -0.39 is 38.2 Å². The van der Waals surface area contributed by atoms with Gasteiger partial charge in [-0.3, -0.25) is 9.78 Å². The lowest BCUT2D eigenvalue weighted by Crippen LogP contribution is -2.33. The van der Waals surface area contributed by atoms with Gasteiger partial charge in [0.05, 0.1) is 16.1 Å². The number of urea groups is 1. The van der Waals surface area contributed by atoms with Crippen molar-refractivity contribution >= 4 is 38.4 Å². The minimum atomic E-state index is -5.54. The van der Waals surface area contributed by atoms with E-state index in [1.807, 2.05) is 25.1 Å². The van der Waals surface area contributed by atoms with Gasteiger partial charge in [0.2, 0.25) is 0 Å². The maximum Gasteiger partial charge on any atom is 0.501 e. The zero-order valence-electron chi connectivity index (χ0n) is 17.5. The summed E-state index contributed by atoms with van der Waals surface area (Å²) >= 11 is 0. The first-order valence-corrected chi connectivity index (χ1v) is 11.3. The second kappa shape index (κ2) is 7.84. The normalized spacial score (nSPS) is 17.3. The molecule has 1 saturated heterocycles. The molecule has 172 valence electrons. The Morgan fingerprint density at radius 3 is 2.33 bits per heavy atom. The number of carbonyl (C=O) groups is 2. The largest absolute Gasteiger partial charge is 0.501 e. The van der Waals surface area contributed by atoms with Gasteiger partial charge < -0.3 is 4.90 Å². The summed E-state index contributed by atoms with van der Waals surface area (Å²) in [5.41, 5.74) is -2.95. The minimum Gasteiger partial charge on any atom is -0.308 e. The van der Waals surface area contributed by atoms with E-state index in [4.69, 9.17) is 0 Å². The van der Waals surface area contributed by atoms with E-state index in [0.717, 1.165) is 51.2 Å². The average molecular weight is 477 g/mol. The molecule has 1 aromatic heterocycles. The molecule has 1 aliphatic rings. The number of imide groups is 1. The van der Waals surface area contributed by atoms with Crippen LogP contribution in [0.3, 0.4) is 0 Å². The number of hydrogen-bond acceptors (Lipinski definition) is 5. The molecule has 1 aliphatic heterocycles. The van der Waals surface area contributed by atoms with Crippen LogP contribution >= 0.6 is 0 Å². The molecule has 11 heteroatoms. The van der Waals surface area contributed by atoms with Crippen molar-refractivity contribution < 1.29 is 31.2 Å². The summed E-state index contributed by atoms with van der Waals surface area (Å²) in [5.74, 6) is -0.569. The number of sulfone groups is 1. The number of carbonyl (C=O) groups excluding carboxylic acids is 2. The van der Waals surface area contributed by atoms with Gasteiger partial charge in [0.25, 0.3) is 15.7 Å². The van der Waals surface area contributed by atoms with Gasteiger partial charge in [0.15, 0.2) is 0 Å². The topological polar surface area (TPSA) is 87.7 Å². The summed E-state index contributed by atoms with van der Waals surface area (Å²) in [7, 11) is -5.54. The number of aryl methyl sites for hydroxylation is 1. The Hall–Kier alpha value is -3.47. The highest BCUT2D eigenvalue weighted by atomic mass is 32.2. The van der Waals surface area contributed by atoms with Crippen LogP contribution in [0.15, 0.2) is 59.6 Å². The first-order chi connectivity index (χ1) is 15.4. The van der Waals surface area contributed by atoms with Crippen LogP contribution in [-0.2, 0) is 21.2 Å². The molecule has 1 unspecified atom stereocenters. The maximum atomic E-state index is 13.1. The Morgan fingerprint density at radius 2 is 1.70 bits per heavy atom. The third kappa shape index (κ3) is 3.71. The van der Waals surface area contributed by atoms with Crippen molar-refractivity contribution in [1.29, 1.82) is 0 Å². The van der Waals surface area contributed by atoms with Crippen LogP contribution in [-0.4, -0.2) is 41.8 Å². The van der Waals surface area contributed by atoms with Crippen molar-refractivity contribution in [2.75, 3.05) is 4.90 Å². The van der Waals surface area contributed by atoms with Gasteiger partial charge in [-0.1, -0.05) is 18.2 Å². The lowest BCUT2D eigenvalue weighted by atomic mass is 10.1. The Morgan fingerprint density at radius 1 is 1.03 bits per heavy atom. The van der Waals surface area contributed by atoms with Crippen molar-refractivity contribution in [2.24, 2.45) is 0 Å². The van der Waals surface area contributed by atoms with E-state index in [-0.39, 0.29) is 12.2 Å². The number of pyridine rings is 1. The van der Waals surface area contributed by atoms with Gasteiger partial charge in [-0.15, -0.1) is 0 Å². The fourth-order valence-corrected chi connectivity index (χ4v) is 4.52. The van der Waals surface area contributed by atoms with E-state index in [2.05, 4.69) is 4.98 Å². The molecule has 1 atom stereocenters. The molecule has 7 nitrogen and oxygen atoms in total. The number of rotatable bonds is 4. The Kier molecular flexibility index (Phi) is 5.39. The fourth-order valence-electron chi connectivity index (χ4n) is 3.76. The zero-order valence-corrected chi connectivity index (χ0v) is 18.3. The molecule has 0 N–H and O–H groups in total. The van der Waals surface area contributed by atoms with Crippen molar-refractivity contribution in [2.45, 2.75) is 36.8 Å². The number of hydrogen-bond donors (Lipinski definition) is 0. The van der Waals surface area contributed by atoms with Crippen molar-refractivity contribution in [3.63, 3.8) is 0 Å². The van der Waals surface area contributed by atoms with Crippen LogP contribution in [0.1, 0.15) is 18.1 Å².